The van der Waals surface area contributed by atoms with Crippen LogP contribution in [0.1, 0.15) is 45.4 Å². The van der Waals surface area contributed by atoms with Gasteiger partial charge in [0.15, 0.2) is 0 Å². The molecule has 1 N–H and O–H groups in total. The molecule has 3 aliphatic rings. The Morgan fingerprint density at radius 1 is 1.05 bits per heavy atom. The topological polar surface area (TPSA) is 33.7 Å². The number of ether oxygens (including phenoxy) is 2. The summed E-state index contributed by atoms with van der Waals surface area (Å²) in [7, 11) is 0. The van der Waals surface area contributed by atoms with Crippen LogP contribution in [0.3, 0.4) is 0 Å². The van der Waals surface area contributed by atoms with Gasteiger partial charge in [0.2, 0.25) is 0 Å². The van der Waals surface area contributed by atoms with Gasteiger partial charge in [-0.15, -0.1) is 0 Å². The molecule has 0 aromatic heterocycles. The van der Waals surface area contributed by atoms with Crippen molar-refractivity contribution < 1.29 is 9.47 Å². The molecule has 3 saturated heterocycles. The minimum absolute atomic E-state index is 0.126. The average molecular weight is 282 g/mol. The molecule has 1 atom stereocenters. The van der Waals surface area contributed by atoms with E-state index >= 15 is 0 Å². The third-order valence-electron chi connectivity index (χ3n) is 5.48. The quantitative estimate of drug-likeness (QED) is 0.856. The maximum atomic E-state index is 6.20. The molecule has 0 radical (unpaired) electrons. The number of rotatable bonds is 3. The Labute approximate surface area is 123 Å². The third-order valence-corrected chi connectivity index (χ3v) is 5.48. The summed E-state index contributed by atoms with van der Waals surface area (Å²) in [5.41, 5.74) is 0.126. The molecule has 1 spiro atoms. The van der Waals surface area contributed by atoms with Crippen molar-refractivity contribution in [3.05, 3.63) is 0 Å². The highest BCUT2D eigenvalue weighted by Gasteiger charge is 2.41. The standard InChI is InChI=1S/C16H30N2O2/c1-2-18(14-3-8-17-9-4-14)15-5-10-20-16(13-15)6-11-19-12-7-16/h14-15,17H,2-13H2,1H3. The first kappa shape index (κ1) is 14.8. The van der Waals surface area contributed by atoms with E-state index in [9.17, 15) is 0 Å². The molecule has 0 aliphatic carbocycles. The Balaban J connectivity index is 1.64. The molecule has 0 saturated carbocycles. The Bertz CT molecular complexity index is 293. The number of nitrogens with zero attached hydrogens (tertiary/aromatic N) is 1. The molecular formula is C16H30N2O2. The van der Waals surface area contributed by atoms with Crippen LogP contribution in [0.15, 0.2) is 0 Å². The second-order valence-corrected chi connectivity index (χ2v) is 6.60. The first-order valence-corrected chi connectivity index (χ1v) is 8.51. The number of hydrogen-bond donors (Lipinski definition) is 1. The normalized spacial score (nSPS) is 31.8. The zero-order valence-electron chi connectivity index (χ0n) is 12.9. The van der Waals surface area contributed by atoms with E-state index in [0.717, 1.165) is 44.7 Å². The molecule has 1 unspecified atom stereocenters. The van der Waals surface area contributed by atoms with E-state index in [1.54, 1.807) is 0 Å². The van der Waals surface area contributed by atoms with Gasteiger partial charge < -0.3 is 14.8 Å². The van der Waals surface area contributed by atoms with Crippen LogP contribution in [0.4, 0.5) is 0 Å². The van der Waals surface area contributed by atoms with Gasteiger partial charge in [-0.05, 0) is 58.2 Å². The van der Waals surface area contributed by atoms with E-state index < -0.39 is 0 Å². The maximum absolute atomic E-state index is 6.20. The summed E-state index contributed by atoms with van der Waals surface area (Å²) in [4.78, 5) is 2.78. The van der Waals surface area contributed by atoms with Crippen LogP contribution < -0.4 is 5.32 Å². The van der Waals surface area contributed by atoms with Gasteiger partial charge in [0.25, 0.3) is 0 Å². The van der Waals surface area contributed by atoms with Crippen LogP contribution in [0.2, 0.25) is 0 Å². The van der Waals surface area contributed by atoms with Crippen molar-refractivity contribution in [3.8, 4) is 0 Å². The van der Waals surface area contributed by atoms with Crippen molar-refractivity contribution in [1.29, 1.82) is 0 Å². The van der Waals surface area contributed by atoms with Crippen molar-refractivity contribution in [1.82, 2.24) is 10.2 Å². The van der Waals surface area contributed by atoms with E-state index in [-0.39, 0.29) is 5.60 Å². The minimum atomic E-state index is 0.126. The third kappa shape index (κ3) is 3.19. The fourth-order valence-corrected chi connectivity index (χ4v) is 4.33. The summed E-state index contributed by atoms with van der Waals surface area (Å²) in [6.45, 7) is 8.58. The molecule has 3 aliphatic heterocycles. The van der Waals surface area contributed by atoms with E-state index in [1.807, 2.05) is 0 Å². The molecule has 0 aromatic rings. The SMILES string of the molecule is CCN(C1CCNCC1)C1CCOC2(CCOCC2)C1. The molecule has 3 heterocycles. The Morgan fingerprint density at radius 3 is 2.50 bits per heavy atom. The van der Waals surface area contributed by atoms with E-state index in [4.69, 9.17) is 9.47 Å². The van der Waals surface area contributed by atoms with Crippen LogP contribution >= 0.6 is 0 Å². The largest absolute Gasteiger partial charge is 0.381 e. The van der Waals surface area contributed by atoms with Crippen LogP contribution in [0.25, 0.3) is 0 Å². The van der Waals surface area contributed by atoms with Crippen molar-refractivity contribution >= 4 is 0 Å². The van der Waals surface area contributed by atoms with Crippen molar-refractivity contribution in [3.63, 3.8) is 0 Å². The lowest BCUT2D eigenvalue weighted by Gasteiger charge is -2.48. The van der Waals surface area contributed by atoms with E-state index in [2.05, 4.69) is 17.1 Å². The number of piperidine rings is 1. The highest BCUT2D eigenvalue weighted by Crippen LogP contribution is 2.37. The Morgan fingerprint density at radius 2 is 1.80 bits per heavy atom. The lowest BCUT2D eigenvalue weighted by Crippen LogP contribution is -2.55. The Hall–Kier alpha value is -0.160. The van der Waals surface area contributed by atoms with Gasteiger partial charge in [-0.2, -0.15) is 0 Å². The molecule has 3 fully saturated rings. The molecule has 0 bridgehead atoms. The lowest BCUT2D eigenvalue weighted by atomic mass is 9.82. The lowest BCUT2D eigenvalue weighted by molar-refractivity contribution is -0.154. The summed E-state index contributed by atoms with van der Waals surface area (Å²) in [5.74, 6) is 0. The predicted octanol–water partition coefficient (Wildman–Crippen LogP) is 1.79. The molecule has 0 amide bonds. The fourth-order valence-electron chi connectivity index (χ4n) is 4.33. The van der Waals surface area contributed by atoms with Gasteiger partial charge in [0.05, 0.1) is 5.60 Å². The summed E-state index contributed by atoms with van der Waals surface area (Å²) in [6, 6.07) is 1.50. The second kappa shape index (κ2) is 6.73. The number of hydrogen-bond acceptors (Lipinski definition) is 4. The maximum Gasteiger partial charge on any atom is 0.0741 e. The monoisotopic (exact) mass is 282 g/mol. The van der Waals surface area contributed by atoms with E-state index in [1.165, 1.54) is 45.3 Å². The zero-order valence-corrected chi connectivity index (χ0v) is 12.9. The Kier molecular flexibility index (Phi) is 4.97. The van der Waals surface area contributed by atoms with Gasteiger partial charge in [-0.3, -0.25) is 4.90 Å². The van der Waals surface area contributed by atoms with Gasteiger partial charge in [0.1, 0.15) is 0 Å². The molecule has 20 heavy (non-hydrogen) atoms. The fraction of sp³-hybridized carbons (Fsp3) is 1.00. The summed E-state index contributed by atoms with van der Waals surface area (Å²) >= 11 is 0. The second-order valence-electron chi connectivity index (χ2n) is 6.60. The van der Waals surface area contributed by atoms with E-state index in [0.29, 0.717) is 0 Å². The average Bonchev–Trinajstić information content (AvgIpc) is 2.50. The minimum Gasteiger partial charge on any atom is -0.381 e. The molecule has 4 nitrogen and oxygen atoms in total. The smallest absolute Gasteiger partial charge is 0.0741 e. The molecule has 4 heteroatoms. The van der Waals surface area contributed by atoms with Crippen molar-refractivity contribution in [2.45, 2.75) is 63.1 Å². The molecule has 0 aromatic carbocycles. The predicted molar refractivity (Wildman–Crippen MR) is 80.0 cm³/mol. The van der Waals surface area contributed by atoms with Crippen LogP contribution in [-0.4, -0.2) is 62.0 Å². The van der Waals surface area contributed by atoms with Gasteiger partial charge in [-0.25, -0.2) is 0 Å². The van der Waals surface area contributed by atoms with Crippen molar-refractivity contribution in [2.75, 3.05) is 39.5 Å². The van der Waals surface area contributed by atoms with Gasteiger partial charge in [-0.1, -0.05) is 6.92 Å². The van der Waals surface area contributed by atoms with Crippen LogP contribution in [0.5, 0.6) is 0 Å². The van der Waals surface area contributed by atoms with Gasteiger partial charge in [0, 0.05) is 31.9 Å². The van der Waals surface area contributed by atoms with Crippen LogP contribution in [-0.2, 0) is 9.47 Å². The molecule has 3 rings (SSSR count). The first-order valence-electron chi connectivity index (χ1n) is 8.51. The first-order chi connectivity index (χ1) is 9.83. The van der Waals surface area contributed by atoms with Gasteiger partial charge >= 0.3 is 0 Å². The molecule has 116 valence electrons. The molecular weight excluding hydrogens is 252 g/mol. The summed E-state index contributed by atoms with van der Waals surface area (Å²) in [6.07, 6.45) is 7.22. The number of nitrogens with one attached hydrogen (secondary N) is 1. The zero-order chi connectivity index (χ0) is 13.8. The van der Waals surface area contributed by atoms with Crippen LogP contribution in [0, 0.1) is 0 Å². The van der Waals surface area contributed by atoms with Crippen molar-refractivity contribution in [2.24, 2.45) is 0 Å². The summed E-state index contributed by atoms with van der Waals surface area (Å²) in [5, 5.41) is 3.49. The summed E-state index contributed by atoms with van der Waals surface area (Å²) < 4.78 is 11.7. The highest BCUT2D eigenvalue weighted by atomic mass is 16.5. The highest BCUT2D eigenvalue weighted by molar-refractivity contribution is 4.94.